The van der Waals surface area contributed by atoms with E-state index in [0.29, 0.717) is 37.3 Å². The molecule has 5 rings (SSSR count). The van der Waals surface area contributed by atoms with E-state index in [9.17, 15) is 20.4 Å². The van der Waals surface area contributed by atoms with E-state index in [1.807, 2.05) is 0 Å². The standard InChI is InChI=1S/C30H41ClN4O6/c1-40-33-25-17-27(35-20(8-6-12-31)18-32-34-35)30(39)29-23(25)15-19(7-2-4-13-36)22(9-3-5-14-37)28(29)24-16-21(38)10-11-26(24)41-30/h10-11,15-16,18-19,22,27-29,36-39H,2-9,12-14,17H2,1H3/t19-,22+,27-,28+,29+,30+/m0/s1. The van der Waals surface area contributed by atoms with Gasteiger partial charge in [0.05, 0.1) is 23.5 Å². The molecule has 1 aromatic carbocycles. The summed E-state index contributed by atoms with van der Waals surface area (Å²) in [5.41, 5.74) is 3.32. The number of oxime groups is 1. The van der Waals surface area contributed by atoms with Crippen molar-refractivity contribution < 1.29 is 30.0 Å². The van der Waals surface area contributed by atoms with E-state index in [1.54, 1.807) is 29.1 Å². The molecule has 1 saturated carbocycles. The quantitative estimate of drug-likeness (QED) is 0.156. The molecule has 0 spiro atoms. The van der Waals surface area contributed by atoms with Gasteiger partial charge in [-0.15, -0.1) is 16.7 Å². The first-order valence-electron chi connectivity index (χ1n) is 14.7. The number of fused-ring (bicyclic) bond motifs is 2. The third-order valence-corrected chi connectivity index (χ3v) is 9.24. The minimum atomic E-state index is -1.68. The Morgan fingerprint density at radius 2 is 1.93 bits per heavy atom. The monoisotopic (exact) mass is 588 g/mol. The molecule has 2 heterocycles. The third kappa shape index (κ3) is 5.71. The van der Waals surface area contributed by atoms with Crippen LogP contribution in [0.5, 0.6) is 11.5 Å². The number of aromatic hydroxyl groups is 1. The van der Waals surface area contributed by atoms with Crippen LogP contribution in [-0.2, 0) is 11.3 Å². The fourth-order valence-corrected chi connectivity index (χ4v) is 7.41. The Morgan fingerprint density at radius 3 is 2.66 bits per heavy atom. The van der Waals surface area contributed by atoms with Crippen LogP contribution in [0.1, 0.15) is 74.6 Å². The number of aliphatic hydroxyl groups is 3. The average molecular weight is 589 g/mol. The Bertz CT molecular complexity index is 1250. The number of nitrogens with zero attached hydrogens (tertiary/aromatic N) is 4. The lowest BCUT2D eigenvalue weighted by atomic mass is 9.55. The largest absolute Gasteiger partial charge is 0.508 e. The first kappa shape index (κ1) is 29.8. The van der Waals surface area contributed by atoms with Crippen molar-refractivity contribution in [2.24, 2.45) is 22.9 Å². The normalized spacial score (nSPS) is 29.4. The fraction of sp³-hybridized carbons (Fsp3) is 0.633. The molecule has 0 amide bonds. The summed E-state index contributed by atoms with van der Waals surface area (Å²) in [5, 5.41) is 55.4. The van der Waals surface area contributed by atoms with Crippen molar-refractivity contribution in [2.75, 3.05) is 26.2 Å². The van der Waals surface area contributed by atoms with E-state index >= 15 is 0 Å². The van der Waals surface area contributed by atoms with Crippen molar-refractivity contribution in [3.05, 3.63) is 47.3 Å². The summed E-state index contributed by atoms with van der Waals surface area (Å²) < 4.78 is 8.32. The highest BCUT2D eigenvalue weighted by Gasteiger charge is 2.63. The topological polar surface area (TPSA) is 142 Å². The number of phenols is 1. The van der Waals surface area contributed by atoms with Gasteiger partial charge in [-0.25, -0.2) is 4.68 Å². The minimum Gasteiger partial charge on any atom is -0.508 e. The number of aryl methyl sites for hydroxylation is 1. The number of alkyl halides is 1. The molecule has 2 aromatic rings. The van der Waals surface area contributed by atoms with Crippen LogP contribution in [0.4, 0.5) is 0 Å². The number of halogens is 1. The Kier molecular flexibility index (Phi) is 9.53. The highest BCUT2D eigenvalue weighted by atomic mass is 35.5. The number of aromatic nitrogens is 3. The van der Waals surface area contributed by atoms with Crippen molar-refractivity contribution in [1.82, 2.24) is 15.0 Å². The lowest BCUT2D eigenvalue weighted by Gasteiger charge is -2.56. The minimum absolute atomic E-state index is 0.0963. The molecule has 2 aliphatic carbocycles. The zero-order valence-corrected chi connectivity index (χ0v) is 24.3. The molecule has 0 radical (unpaired) electrons. The van der Waals surface area contributed by atoms with Gasteiger partial charge in [-0.2, -0.15) is 0 Å². The first-order valence-corrected chi connectivity index (χ1v) is 15.2. The van der Waals surface area contributed by atoms with Crippen LogP contribution in [0.3, 0.4) is 0 Å². The number of ether oxygens (including phenoxy) is 1. The second-order valence-corrected chi connectivity index (χ2v) is 11.7. The number of unbranched alkanes of at least 4 members (excludes halogenated alkanes) is 2. The molecule has 11 heteroatoms. The summed E-state index contributed by atoms with van der Waals surface area (Å²) in [6.45, 7) is 0.252. The van der Waals surface area contributed by atoms with Crippen LogP contribution >= 0.6 is 11.6 Å². The predicted molar refractivity (Wildman–Crippen MR) is 154 cm³/mol. The van der Waals surface area contributed by atoms with Crippen LogP contribution < -0.4 is 4.74 Å². The Balaban J connectivity index is 1.69. The molecule has 4 N–H and O–H groups in total. The van der Waals surface area contributed by atoms with Gasteiger partial charge in [-0.1, -0.05) is 29.3 Å². The zero-order chi connectivity index (χ0) is 29.0. The maximum Gasteiger partial charge on any atom is 0.238 e. The predicted octanol–water partition coefficient (Wildman–Crippen LogP) is 4.08. The van der Waals surface area contributed by atoms with E-state index in [2.05, 4.69) is 21.5 Å². The highest BCUT2D eigenvalue weighted by molar-refractivity contribution is 6.17. The van der Waals surface area contributed by atoms with Crippen molar-refractivity contribution in [3.63, 3.8) is 0 Å². The number of benzene rings is 1. The van der Waals surface area contributed by atoms with Gasteiger partial charge in [0.15, 0.2) is 0 Å². The van der Waals surface area contributed by atoms with E-state index < -0.39 is 17.7 Å². The summed E-state index contributed by atoms with van der Waals surface area (Å²) in [6.07, 6.45) is 10.4. The smallest absolute Gasteiger partial charge is 0.238 e. The molecule has 3 aliphatic rings. The van der Waals surface area contributed by atoms with Crippen LogP contribution in [0, 0.1) is 17.8 Å². The van der Waals surface area contributed by atoms with Gasteiger partial charge >= 0.3 is 0 Å². The van der Waals surface area contributed by atoms with Gasteiger partial charge in [-0.3, -0.25) is 0 Å². The molecule has 0 bridgehead atoms. The van der Waals surface area contributed by atoms with E-state index in [0.717, 1.165) is 54.6 Å². The Morgan fingerprint density at radius 1 is 1.15 bits per heavy atom. The summed E-state index contributed by atoms with van der Waals surface area (Å²) >= 11 is 6.00. The van der Waals surface area contributed by atoms with E-state index in [1.165, 1.54) is 7.11 Å². The lowest BCUT2D eigenvalue weighted by Crippen LogP contribution is -2.62. The summed E-state index contributed by atoms with van der Waals surface area (Å²) in [5.74, 6) is -0.990. The molecule has 1 aromatic heterocycles. The number of hydrogen-bond acceptors (Lipinski definition) is 9. The molecule has 6 atom stereocenters. The molecular weight excluding hydrogens is 548 g/mol. The number of phenolic OH excluding ortho intramolecular Hbond substituents is 1. The Hall–Kier alpha value is -2.66. The van der Waals surface area contributed by atoms with E-state index in [4.69, 9.17) is 21.2 Å². The molecule has 10 nitrogen and oxygen atoms in total. The van der Waals surface area contributed by atoms with Gasteiger partial charge in [0, 0.05) is 37.0 Å². The van der Waals surface area contributed by atoms with Gasteiger partial charge < -0.3 is 30.0 Å². The molecule has 0 unspecified atom stereocenters. The molecule has 0 saturated heterocycles. The van der Waals surface area contributed by atoms with Gasteiger partial charge in [0.1, 0.15) is 24.7 Å². The molecular formula is C30H41ClN4O6. The van der Waals surface area contributed by atoms with E-state index in [-0.39, 0.29) is 36.7 Å². The van der Waals surface area contributed by atoms with Crippen molar-refractivity contribution in [3.8, 4) is 11.5 Å². The van der Waals surface area contributed by atoms with Crippen molar-refractivity contribution >= 4 is 17.3 Å². The van der Waals surface area contributed by atoms with Crippen molar-refractivity contribution in [2.45, 2.75) is 75.5 Å². The van der Waals surface area contributed by atoms with Crippen LogP contribution in [0.25, 0.3) is 0 Å². The van der Waals surface area contributed by atoms with Crippen LogP contribution in [0.2, 0.25) is 0 Å². The number of hydrogen-bond donors (Lipinski definition) is 4. The third-order valence-electron chi connectivity index (χ3n) is 8.97. The zero-order valence-electron chi connectivity index (χ0n) is 23.5. The molecule has 224 valence electrons. The SMILES string of the molecule is CON=C1C[C@H](n2nncc2CCCCl)[C@@]2(O)Oc3ccc(O)cc3[C@H]3[C@H](CCCCO)[C@@H](CCCCO)C=C1[C@H]32. The fourth-order valence-electron chi connectivity index (χ4n) is 7.27. The van der Waals surface area contributed by atoms with Crippen LogP contribution in [-0.4, -0.2) is 73.1 Å². The number of allylic oxidation sites excluding steroid dienone is 1. The van der Waals surface area contributed by atoms with Gasteiger partial charge in [0.2, 0.25) is 5.79 Å². The van der Waals surface area contributed by atoms with Gasteiger partial charge in [-0.05, 0) is 74.1 Å². The van der Waals surface area contributed by atoms with Gasteiger partial charge in [0.25, 0.3) is 0 Å². The number of rotatable bonds is 13. The molecule has 1 aliphatic heterocycles. The second kappa shape index (κ2) is 13.1. The first-order chi connectivity index (χ1) is 20.0. The summed E-state index contributed by atoms with van der Waals surface area (Å²) in [7, 11) is 1.52. The van der Waals surface area contributed by atoms with Crippen molar-refractivity contribution in [1.29, 1.82) is 0 Å². The summed E-state index contributed by atoms with van der Waals surface area (Å²) in [4.78, 5) is 5.34. The molecule has 41 heavy (non-hydrogen) atoms. The average Bonchev–Trinajstić information content (AvgIpc) is 3.42. The molecule has 1 fully saturated rings. The second-order valence-electron chi connectivity index (χ2n) is 11.4. The maximum atomic E-state index is 12.8. The Labute approximate surface area is 245 Å². The summed E-state index contributed by atoms with van der Waals surface area (Å²) in [6, 6.07) is 4.43. The van der Waals surface area contributed by atoms with Crippen LogP contribution in [0.15, 0.2) is 41.2 Å². The highest BCUT2D eigenvalue weighted by Crippen LogP contribution is 2.62. The number of aliphatic hydroxyl groups excluding tert-OH is 2. The lowest BCUT2D eigenvalue weighted by molar-refractivity contribution is -0.225. The maximum absolute atomic E-state index is 12.8.